The normalized spacial score (nSPS) is 9.47. The number of alkyl halides is 1. The monoisotopic (exact) mass is 271 g/mol. The van der Waals surface area contributed by atoms with Crippen LogP contribution in [-0.4, -0.2) is 13.1 Å². The fourth-order valence-corrected chi connectivity index (χ4v) is 1.78. The maximum Gasteiger partial charge on any atom is 0.338 e. The minimum absolute atomic E-state index is 0.0749. The number of halogens is 2. The SMILES string of the molecule is COC(=O)c1cc(F)cc(C#N)c1CBr. The molecular formula is C10H7BrFNO2. The Kier molecular flexibility index (Phi) is 3.81. The van der Waals surface area contributed by atoms with Gasteiger partial charge in [-0.25, -0.2) is 9.18 Å². The summed E-state index contributed by atoms with van der Waals surface area (Å²) in [6, 6.07) is 3.97. The minimum Gasteiger partial charge on any atom is -0.465 e. The summed E-state index contributed by atoms with van der Waals surface area (Å²) in [5.41, 5.74) is 0.643. The number of benzene rings is 1. The predicted molar refractivity (Wildman–Crippen MR) is 55.1 cm³/mol. The first-order valence-electron chi connectivity index (χ1n) is 4.00. The summed E-state index contributed by atoms with van der Waals surface area (Å²) in [6.45, 7) is 0. The van der Waals surface area contributed by atoms with Gasteiger partial charge in [0, 0.05) is 5.33 Å². The van der Waals surface area contributed by atoms with Crippen LogP contribution in [0.5, 0.6) is 0 Å². The van der Waals surface area contributed by atoms with Gasteiger partial charge in [-0.2, -0.15) is 5.26 Å². The molecule has 0 aliphatic carbocycles. The van der Waals surface area contributed by atoms with Gasteiger partial charge in [-0.1, -0.05) is 15.9 Å². The van der Waals surface area contributed by atoms with Crippen molar-refractivity contribution < 1.29 is 13.9 Å². The predicted octanol–water partition coefficient (Wildman–Crippen LogP) is 2.38. The average Bonchev–Trinajstić information content (AvgIpc) is 2.26. The highest BCUT2D eigenvalue weighted by molar-refractivity contribution is 9.08. The number of esters is 1. The molecule has 0 fully saturated rings. The molecular weight excluding hydrogens is 265 g/mol. The molecule has 0 heterocycles. The van der Waals surface area contributed by atoms with E-state index >= 15 is 0 Å². The zero-order valence-corrected chi connectivity index (χ0v) is 9.47. The molecule has 5 heteroatoms. The molecule has 0 radical (unpaired) electrons. The van der Waals surface area contributed by atoms with Crippen molar-refractivity contribution in [1.29, 1.82) is 5.26 Å². The Hall–Kier alpha value is -1.41. The maximum absolute atomic E-state index is 13.1. The molecule has 3 nitrogen and oxygen atoms in total. The molecule has 0 saturated heterocycles. The summed E-state index contributed by atoms with van der Waals surface area (Å²) in [6.07, 6.45) is 0. The fraction of sp³-hybridized carbons (Fsp3) is 0.200. The van der Waals surface area contributed by atoms with Gasteiger partial charge in [0.2, 0.25) is 0 Å². The Bertz CT molecular complexity index is 440. The van der Waals surface area contributed by atoms with Crippen molar-refractivity contribution in [2.45, 2.75) is 5.33 Å². The van der Waals surface area contributed by atoms with Gasteiger partial charge in [0.15, 0.2) is 0 Å². The van der Waals surface area contributed by atoms with Crippen molar-refractivity contribution in [2.24, 2.45) is 0 Å². The van der Waals surface area contributed by atoms with Gasteiger partial charge in [-0.3, -0.25) is 0 Å². The second kappa shape index (κ2) is 4.89. The standard InChI is InChI=1S/C10H7BrFNO2/c1-15-10(14)8-3-7(12)2-6(5-13)9(8)4-11/h2-3H,4H2,1H3. The van der Waals surface area contributed by atoms with Crippen LogP contribution in [0.15, 0.2) is 12.1 Å². The van der Waals surface area contributed by atoms with Crippen molar-refractivity contribution in [1.82, 2.24) is 0 Å². The third-order valence-corrected chi connectivity index (χ3v) is 2.43. The van der Waals surface area contributed by atoms with Crippen molar-refractivity contribution in [2.75, 3.05) is 7.11 Å². The zero-order chi connectivity index (χ0) is 11.4. The van der Waals surface area contributed by atoms with Crippen LogP contribution in [0.4, 0.5) is 4.39 Å². The molecule has 0 bridgehead atoms. The Balaban J connectivity index is 3.43. The quantitative estimate of drug-likeness (QED) is 0.613. The number of hydrogen-bond donors (Lipinski definition) is 0. The summed E-state index contributed by atoms with van der Waals surface area (Å²) in [5, 5.41) is 9.06. The minimum atomic E-state index is -0.652. The summed E-state index contributed by atoms with van der Waals surface area (Å²) < 4.78 is 17.6. The van der Waals surface area contributed by atoms with E-state index in [1.165, 1.54) is 7.11 Å². The van der Waals surface area contributed by atoms with Crippen LogP contribution in [0.25, 0.3) is 0 Å². The maximum atomic E-state index is 13.1. The van der Waals surface area contributed by atoms with Gasteiger partial charge >= 0.3 is 5.97 Å². The topological polar surface area (TPSA) is 50.1 Å². The van der Waals surface area contributed by atoms with Crippen LogP contribution in [-0.2, 0) is 10.1 Å². The van der Waals surface area contributed by atoms with E-state index in [-0.39, 0.29) is 11.1 Å². The van der Waals surface area contributed by atoms with E-state index in [9.17, 15) is 9.18 Å². The molecule has 1 aromatic rings. The highest BCUT2D eigenvalue weighted by Crippen LogP contribution is 2.20. The smallest absolute Gasteiger partial charge is 0.338 e. The van der Waals surface area contributed by atoms with Crippen LogP contribution >= 0.6 is 15.9 Å². The number of nitriles is 1. The average molecular weight is 272 g/mol. The lowest BCUT2D eigenvalue weighted by molar-refractivity contribution is 0.0599. The molecule has 0 N–H and O–H groups in total. The lowest BCUT2D eigenvalue weighted by Crippen LogP contribution is -2.07. The Morgan fingerprint density at radius 2 is 2.33 bits per heavy atom. The lowest BCUT2D eigenvalue weighted by Gasteiger charge is -2.07. The van der Waals surface area contributed by atoms with E-state index in [2.05, 4.69) is 20.7 Å². The Labute approximate surface area is 94.6 Å². The first-order chi connectivity index (χ1) is 7.13. The van der Waals surface area contributed by atoms with Gasteiger partial charge in [0.05, 0.1) is 24.3 Å². The number of nitrogens with zero attached hydrogens (tertiary/aromatic N) is 1. The number of ether oxygens (including phenoxy) is 1. The highest BCUT2D eigenvalue weighted by Gasteiger charge is 2.16. The number of hydrogen-bond acceptors (Lipinski definition) is 3. The van der Waals surface area contributed by atoms with Gasteiger partial charge in [-0.15, -0.1) is 0 Å². The third kappa shape index (κ3) is 2.34. The van der Waals surface area contributed by atoms with Gasteiger partial charge in [0.1, 0.15) is 5.82 Å². The molecule has 0 unspecified atom stereocenters. The van der Waals surface area contributed by atoms with E-state index in [1.807, 2.05) is 6.07 Å². The fourth-order valence-electron chi connectivity index (χ4n) is 1.17. The van der Waals surface area contributed by atoms with E-state index < -0.39 is 11.8 Å². The molecule has 0 atom stereocenters. The Morgan fingerprint density at radius 3 is 2.80 bits per heavy atom. The van der Waals surface area contributed by atoms with E-state index in [1.54, 1.807) is 0 Å². The first kappa shape index (κ1) is 11.7. The van der Waals surface area contributed by atoms with Crippen LogP contribution in [0.3, 0.4) is 0 Å². The molecule has 1 aromatic carbocycles. The third-order valence-electron chi connectivity index (χ3n) is 1.87. The summed E-state index contributed by atoms with van der Waals surface area (Å²) in [5.74, 6) is -1.28. The summed E-state index contributed by atoms with van der Waals surface area (Å²) in [7, 11) is 1.21. The van der Waals surface area contributed by atoms with E-state index in [0.717, 1.165) is 12.1 Å². The van der Waals surface area contributed by atoms with Crippen LogP contribution in [0.1, 0.15) is 21.5 Å². The summed E-state index contributed by atoms with van der Waals surface area (Å²) >= 11 is 3.14. The van der Waals surface area contributed by atoms with Crippen LogP contribution in [0.2, 0.25) is 0 Å². The second-order valence-corrected chi connectivity index (χ2v) is 3.28. The van der Waals surface area contributed by atoms with Gasteiger partial charge in [-0.05, 0) is 17.7 Å². The molecule has 0 aliphatic heterocycles. The second-order valence-electron chi connectivity index (χ2n) is 2.72. The molecule has 78 valence electrons. The van der Waals surface area contributed by atoms with Crippen molar-refractivity contribution in [3.05, 3.63) is 34.6 Å². The number of rotatable bonds is 2. The number of carbonyl (C=O) groups is 1. The largest absolute Gasteiger partial charge is 0.465 e. The van der Waals surface area contributed by atoms with Crippen LogP contribution in [0, 0.1) is 17.1 Å². The lowest BCUT2D eigenvalue weighted by atomic mass is 10.0. The summed E-state index contributed by atoms with van der Waals surface area (Å²) in [4.78, 5) is 11.3. The molecule has 1 rings (SSSR count). The van der Waals surface area contributed by atoms with E-state index in [4.69, 9.17) is 5.26 Å². The van der Waals surface area contributed by atoms with Crippen LogP contribution < -0.4 is 0 Å². The van der Waals surface area contributed by atoms with Crippen molar-refractivity contribution >= 4 is 21.9 Å². The van der Waals surface area contributed by atoms with Gasteiger partial charge in [0.25, 0.3) is 0 Å². The highest BCUT2D eigenvalue weighted by atomic mass is 79.9. The molecule has 0 aliphatic rings. The first-order valence-corrected chi connectivity index (χ1v) is 5.13. The molecule has 0 amide bonds. The van der Waals surface area contributed by atoms with Gasteiger partial charge < -0.3 is 4.74 Å². The molecule has 0 saturated carbocycles. The zero-order valence-electron chi connectivity index (χ0n) is 7.88. The number of methoxy groups -OCH3 is 1. The molecule has 15 heavy (non-hydrogen) atoms. The molecule has 0 aromatic heterocycles. The number of carbonyl (C=O) groups excluding carboxylic acids is 1. The molecule has 0 spiro atoms. The Morgan fingerprint density at radius 1 is 1.67 bits per heavy atom. The van der Waals surface area contributed by atoms with Crippen molar-refractivity contribution in [3.8, 4) is 6.07 Å². The van der Waals surface area contributed by atoms with E-state index in [0.29, 0.717) is 10.9 Å². The van der Waals surface area contributed by atoms with Crippen molar-refractivity contribution in [3.63, 3.8) is 0 Å².